The first-order chi connectivity index (χ1) is 8.81. The Balaban J connectivity index is 2.58. The van der Waals surface area contributed by atoms with Gasteiger partial charge in [-0.25, -0.2) is 0 Å². The van der Waals surface area contributed by atoms with Crippen molar-refractivity contribution in [3.05, 3.63) is 34.9 Å². The van der Waals surface area contributed by atoms with Crippen LogP contribution in [0.5, 0.6) is 0 Å². The molecule has 2 N–H and O–H groups in total. The average Bonchev–Trinajstić information content (AvgIpc) is 2.29. The summed E-state index contributed by atoms with van der Waals surface area (Å²) in [6.45, 7) is 1.73. The van der Waals surface area contributed by atoms with E-state index in [1.807, 2.05) is 0 Å². The highest BCUT2D eigenvalue weighted by molar-refractivity contribution is 6.31. The van der Waals surface area contributed by atoms with Crippen LogP contribution in [-0.2, 0) is 4.74 Å². The molecule has 0 amide bonds. The number of benzene rings is 1. The lowest BCUT2D eigenvalue weighted by Gasteiger charge is -2.23. The fourth-order valence-electron chi connectivity index (χ4n) is 1.71. The molecule has 0 radical (unpaired) electrons. The molecule has 0 aliphatic rings. The van der Waals surface area contributed by atoms with Gasteiger partial charge in [-0.15, -0.1) is 0 Å². The Morgan fingerprint density at radius 2 is 1.95 bits per heavy atom. The maximum atomic E-state index is 12.0. The number of hydrogen-bond donors (Lipinski definition) is 1. The van der Waals surface area contributed by atoms with Crippen LogP contribution in [0.25, 0.3) is 0 Å². The Hall–Kier alpha value is -0.780. The molecule has 19 heavy (non-hydrogen) atoms. The molecule has 2 nitrogen and oxygen atoms in total. The van der Waals surface area contributed by atoms with Gasteiger partial charge in [0, 0.05) is 29.7 Å². The highest BCUT2D eigenvalue weighted by Gasteiger charge is 2.26. The zero-order valence-corrected chi connectivity index (χ0v) is 11.3. The van der Waals surface area contributed by atoms with Gasteiger partial charge in [-0.3, -0.25) is 0 Å². The van der Waals surface area contributed by atoms with Crippen LogP contribution in [0.15, 0.2) is 24.3 Å². The van der Waals surface area contributed by atoms with Crippen molar-refractivity contribution in [3.63, 3.8) is 0 Å². The smallest absolute Gasteiger partial charge is 0.372 e. The summed E-state index contributed by atoms with van der Waals surface area (Å²) in [5.74, 6) is 0. The van der Waals surface area contributed by atoms with Gasteiger partial charge < -0.3 is 10.5 Å². The van der Waals surface area contributed by atoms with Crippen molar-refractivity contribution in [2.75, 3.05) is 6.61 Å². The van der Waals surface area contributed by atoms with E-state index in [2.05, 4.69) is 0 Å². The minimum Gasteiger partial charge on any atom is -0.372 e. The molecule has 0 aliphatic carbocycles. The van der Waals surface area contributed by atoms with Gasteiger partial charge in [0.1, 0.15) is 0 Å². The van der Waals surface area contributed by atoms with Crippen LogP contribution < -0.4 is 5.73 Å². The third kappa shape index (κ3) is 5.80. The van der Waals surface area contributed by atoms with E-state index >= 15 is 0 Å². The van der Waals surface area contributed by atoms with Crippen molar-refractivity contribution in [2.45, 2.75) is 38.1 Å². The van der Waals surface area contributed by atoms with Crippen LogP contribution >= 0.6 is 11.6 Å². The zero-order chi connectivity index (χ0) is 14.5. The highest BCUT2D eigenvalue weighted by Crippen LogP contribution is 2.28. The molecule has 1 aromatic carbocycles. The van der Waals surface area contributed by atoms with Crippen molar-refractivity contribution in [3.8, 4) is 0 Å². The third-order valence-corrected chi connectivity index (χ3v) is 2.94. The Kier molecular flexibility index (Phi) is 6.10. The molecule has 108 valence electrons. The molecule has 0 saturated heterocycles. The van der Waals surface area contributed by atoms with Gasteiger partial charge in [-0.05, 0) is 19.4 Å². The normalized spacial score (nSPS) is 15.3. The van der Waals surface area contributed by atoms with Crippen LogP contribution in [-0.4, -0.2) is 18.8 Å². The number of halogens is 4. The molecule has 0 spiro atoms. The fourth-order valence-corrected chi connectivity index (χ4v) is 1.96. The number of rotatable bonds is 6. The molecule has 6 heteroatoms. The summed E-state index contributed by atoms with van der Waals surface area (Å²) < 4.78 is 41.5. The first-order valence-corrected chi connectivity index (χ1v) is 6.37. The summed E-state index contributed by atoms with van der Waals surface area (Å²) in [7, 11) is 0. The number of ether oxygens (including phenoxy) is 1. The van der Waals surface area contributed by atoms with Crippen LogP contribution in [0.2, 0.25) is 5.02 Å². The predicted molar refractivity (Wildman–Crippen MR) is 69.1 cm³/mol. The second kappa shape index (κ2) is 7.12. The van der Waals surface area contributed by atoms with Gasteiger partial charge in [0.05, 0.1) is 6.10 Å². The molecule has 2 atom stereocenters. The van der Waals surface area contributed by atoms with E-state index in [0.717, 1.165) is 0 Å². The summed E-state index contributed by atoms with van der Waals surface area (Å²) in [5.41, 5.74) is 6.50. The van der Waals surface area contributed by atoms with Crippen molar-refractivity contribution in [2.24, 2.45) is 5.73 Å². The lowest BCUT2D eigenvalue weighted by molar-refractivity contribution is -0.139. The van der Waals surface area contributed by atoms with Crippen molar-refractivity contribution in [1.29, 1.82) is 0 Å². The lowest BCUT2D eigenvalue weighted by atomic mass is 10.0. The summed E-state index contributed by atoms with van der Waals surface area (Å²) >= 11 is 6.03. The van der Waals surface area contributed by atoms with Crippen molar-refractivity contribution in [1.82, 2.24) is 0 Å². The summed E-state index contributed by atoms with van der Waals surface area (Å²) in [5, 5.41) is 0.501. The van der Waals surface area contributed by atoms with Crippen LogP contribution in [0.1, 0.15) is 31.4 Å². The van der Waals surface area contributed by atoms with E-state index in [-0.39, 0.29) is 19.1 Å². The maximum Gasteiger partial charge on any atom is 0.389 e. The van der Waals surface area contributed by atoms with E-state index < -0.39 is 18.7 Å². The lowest BCUT2D eigenvalue weighted by Crippen LogP contribution is -2.27. The molecular formula is C13H17ClF3NO. The molecule has 0 aliphatic heterocycles. The number of hydrogen-bond acceptors (Lipinski definition) is 2. The molecule has 0 heterocycles. The maximum absolute atomic E-state index is 12.0. The standard InChI is InChI=1S/C13H17ClF3NO/c1-9(18)12(10-5-2-3-6-11(10)14)19-8-4-7-13(15,16)17/h2-3,5-6,9,12H,4,7-8,18H2,1H3. The average molecular weight is 296 g/mol. The zero-order valence-electron chi connectivity index (χ0n) is 10.6. The molecule has 0 bridgehead atoms. The third-order valence-electron chi connectivity index (χ3n) is 2.59. The molecule has 2 unspecified atom stereocenters. The first-order valence-electron chi connectivity index (χ1n) is 5.99. The van der Waals surface area contributed by atoms with Crippen LogP contribution in [0.3, 0.4) is 0 Å². The van der Waals surface area contributed by atoms with Crippen molar-refractivity contribution < 1.29 is 17.9 Å². The van der Waals surface area contributed by atoms with Gasteiger partial charge in [0.2, 0.25) is 0 Å². The van der Waals surface area contributed by atoms with Crippen LogP contribution in [0, 0.1) is 0 Å². The van der Waals surface area contributed by atoms with E-state index in [9.17, 15) is 13.2 Å². The van der Waals surface area contributed by atoms with E-state index in [4.69, 9.17) is 22.1 Å². The molecule has 1 rings (SSSR count). The molecule has 1 aromatic rings. The van der Waals surface area contributed by atoms with Gasteiger partial charge in [-0.1, -0.05) is 29.8 Å². The summed E-state index contributed by atoms with van der Waals surface area (Å²) in [6.07, 6.45) is -5.60. The van der Waals surface area contributed by atoms with E-state index in [1.54, 1.807) is 31.2 Å². The first kappa shape index (κ1) is 16.3. The quantitative estimate of drug-likeness (QED) is 0.802. The summed E-state index contributed by atoms with van der Waals surface area (Å²) in [4.78, 5) is 0. The minimum atomic E-state index is -4.16. The Morgan fingerprint density at radius 1 is 1.32 bits per heavy atom. The Bertz CT molecular complexity index is 396. The fraction of sp³-hybridized carbons (Fsp3) is 0.538. The largest absolute Gasteiger partial charge is 0.389 e. The Labute approximate surface area is 115 Å². The second-order valence-electron chi connectivity index (χ2n) is 4.39. The van der Waals surface area contributed by atoms with Gasteiger partial charge in [-0.2, -0.15) is 13.2 Å². The monoisotopic (exact) mass is 295 g/mol. The molecule has 0 fully saturated rings. The molecule has 0 saturated carbocycles. The second-order valence-corrected chi connectivity index (χ2v) is 4.80. The predicted octanol–water partition coefficient (Wildman–Crippen LogP) is 4.09. The van der Waals surface area contributed by atoms with Crippen LogP contribution in [0.4, 0.5) is 13.2 Å². The number of alkyl halides is 3. The molecule has 0 aromatic heterocycles. The topological polar surface area (TPSA) is 35.2 Å². The van der Waals surface area contributed by atoms with Gasteiger partial charge in [0.15, 0.2) is 0 Å². The van der Waals surface area contributed by atoms with E-state index in [0.29, 0.717) is 10.6 Å². The van der Waals surface area contributed by atoms with Crippen molar-refractivity contribution >= 4 is 11.6 Å². The Morgan fingerprint density at radius 3 is 2.47 bits per heavy atom. The highest BCUT2D eigenvalue weighted by atomic mass is 35.5. The van der Waals surface area contributed by atoms with E-state index in [1.165, 1.54) is 0 Å². The van der Waals surface area contributed by atoms with Gasteiger partial charge >= 0.3 is 6.18 Å². The SMILES string of the molecule is CC(N)C(OCCCC(F)(F)F)c1ccccc1Cl. The van der Waals surface area contributed by atoms with Gasteiger partial charge in [0.25, 0.3) is 0 Å². The summed E-state index contributed by atoms with van der Waals surface area (Å²) in [6, 6.07) is 6.67. The number of nitrogens with two attached hydrogens (primary N) is 1. The molecular weight excluding hydrogens is 279 g/mol. The minimum absolute atomic E-state index is 0.00304.